The minimum Gasteiger partial charge on any atom is -0.361 e. The van der Waals surface area contributed by atoms with E-state index in [-0.39, 0.29) is 4.90 Å². The van der Waals surface area contributed by atoms with Gasteiger partial charge in [0.25, 0.3) is 10.0 Å². The number of fused-ring (bicyclic) bond motifs is 2. The summed E-state index contributed by atoms with van der Waals surface area (Å²) in [5.41, 5.74) is 3.84. The van der Waals surface area contributed by atoms with Crippen molar-refractivity contribution < 1.29 is 8.42 Å². The number of sulfonamides is 1. The van der Waals surface area contributed by atoms with Crippen LogP contribution in [0.5, 0.6) is 0 Å². The molecule has 0 aliphatic carbocycles. The number of aromatic nitrogens is 1. The molecule has 0 fully saturated rings. The van der Waals surface area contributed by atoms with Crippen LogP contribution in [-0.2, 0) is 16.4 Å². The Bertz CT molecular complexity index is 1370. The van der Waals surface area contributed by atoms with Crippen molar-refractivity contribution in [2.75, 3.05) is 24.4 Å². The van der Waals surface area contributed by atoms with E-state index in [4.69, 9.17) is 0 Å². The number of hydrogen-bond donors (Lipinski definition) is 2. The van der Waals surface area contributed by atoms with Crippen molar-refractivity contribution in [3.05, 3.63) is 84.6 Å². The molecule has 0 saturated heterocycles. The van der Waals surface area contributed by atoms with Crippen molar-refractivity contribution in [3.8, 4) is 0 Å². The van der Waals surface area contributed by atoms with Crippen molar-refractivity contribution in [2.45, 2.75) is 25.2 Å². The predicted octanol–water partition coefficient (Wildman–Crippen LogP) is 5.56. The van der Waals surface area contributed by atoms with Crippen molar-refractivity contribution >= 4 is 37.4 Å². The van der Waals surface area contributed by atoms with Gasteiger partial charge in [-0.2, -0.15) is 0 Å². The molecule has 1 aromatic heterocycles. The monoisotopic (exact) mass is 447 g/mol. The van der Waals surface area contributed by atoms with E-state index in [9.17, 15) is 8.42 Å². The van der Waals surface area contributed by atoms with Crippen LogP contribution in [0.15, 0.2) is 83.9 Å². The van der Waals surface area contributed by atoms with Crippen LogP contribution in [0.3, 0.4) is 0 Å². The first kappa shape index (κ1) is 22.1. The van der Waals surface area contributed by atoms with Crippen LogP contribution in [-0.4, -0.2) is 37.9 Å². The normalized spacial score (nSPS) is 12.0. The summed E-state index contributed by atoms with van der Waals surface area (Å²) in [6, 6.07) is 18.5. The van der Waals surface area contributed by atoms with Crippen molar-refractivity contribution in [2.24, 2.45) is 0 Å². The summed E-state index contributed by atoms with van der Waals surface area (Å²) in [5, 5.41) is 2.72. The van der Waals surface area contributed by atoms with E-state index in [0.29, 0.717) is 11.1 Å². The summed E-state index contributed by atoms with van der Waals surface area (Å²) in [7, 11) is -3.72. The van der Waals surface area contributed by atoms with Gasteiger partial charge in [-0.15, -0.1) is 0 Å². The van der Waals surface area contributed by atoms with Crippen LogP contribution >= 0.6 is 0 Å². The molecule has 5 nitrogen and oxygen atoms in total. The molecule has 2 N–H and O–H groups in total. The zero-order chi connectivity index (χ0) is 22.7. The van der Waals surface area contributed by atoms with Crippen LogP contribution < -0.4 is 4.72 Å². The van der Waals surface area contributed by atoms with E-state index in [1.807, 2.05) is 54.7 Å². The van der Waals surface area contributed by atoms with Gasteiger partial charge in [-0.25, -0.2) is 8.42 Å². The quantitative estimate of drug-likeness (QED) is 0.330. The van der Waals surface area contributed by atoms with E-state index in [0.717, 1.165) is 47.9 Å². The highest BCUT2D eigenvalue weighted by molar-refractivity contribution is 7.93. The zero-order valence-electron chi connectivity index (χ0n) is 18.6. The first-order valence-electron chi connectivity index (χ1n) is 10.8. The van der Waals surface area contributed by atoms with Gasteiger partial charge in [0.15, 0.2) is 0 Å². The molecule has 0 atom stereocenters. The Morgan fingerprint density at radius 1 is 1.06 bits per heavy atom. The topological polar surface area (TPSA) is 65.2 Å². The van der Waals surface area contributed by atoms with Crippen LogP contribution in [0.25, 0.3) is 21.7 Å². The largest absolute Gasteiger partial charge is 0.361 e. The maximum Gasteiger partial charge on any atom is 0.262 e. The second kappa shape index (κ2) is 9.18. The average Bonchev–Trinajstić information content (AvgIpc) is 3.17. The van der Waals surface area contributed by atoms with Gasteiger partial charge in [0.2, 0.25) is 0 Å². The molecule has 0 amide bonds. The van der Waals surface area contributed by atoms with Gasteiger partial charge in [0, 0.05) is 35.6 Å². The maximum atomic E-state index is 13.1. The maximum absolute atomic E-state index is 13.1. The first-order valence-corrected chi connectivity index (χ1v) is 12.3. The minimum atomic E-state index is -3.72. The van der Waals surface area contributed by atoms with E-state index in [1.54, 1.807) is 12.1 Å². The molecule has 0 unspecified atom stereocenters. The van der Waals surface area contributed by atoms with Crippen LogP contribution in [0.2, 0.25) is 0 Å². The molecule has 0 bridgehead atoms. The summed E-state index contributed by atoms with van der Waals surface area (Å²) in [5.74, 6) is 0. The Balaban J connectivity index is 1.55. The molecule has 0 aliphatic heterocycles. The zero-order valence-corrected chi connectivity index (χ0v) is 19.4. The SMILES string of the molecule is C=C(C)CN(CC)CCc1c[nH]c2cc(NS(=O)(=O)c3cccc4ccccc34)ccc12. The van der Waals surface area contributed by atoms with Gasteiger partial charge in [-0.3, -0.25) is 9.62 Å². The molecule has 1 heterocycles. The molecule has 0 spiro atoms. The van der Waals surface area contributed by atoms with Crippen LogP contribution in [0.4, 0.5) is 5.69 Å². The van der Waals surface area contributed by atoms with Gasteiger partial charge in [0.1, 0.15) is 0 Å². The lowest BCUT2D eigenvalue weighted by molar-refractivity contribution is 0.317. The fourth-order valence-electron chi connectivity index (χ4n) is 4.11. The van der Waals surface area contributed by atoms with Gasteiger partial charge in [-0.05, 0) is 49.0 Å². The van der Waals surface area contributed by atoms with E-state index in [1.165, 1.54) is 5.56 Å². The Labute approximate surface area is 189 Å². The van der Waals surface area contributed by atoms with E-state index < -0.39 is 10.0 Å². The third kappa shape index (κ3) is 4.71. The van der Waals surface area contributed by atoms with Crippen molar-refractivity contribution in [3.63, 3.8) is 0 Å². The van der Waals surface area contributed by atoms with Crippen molar-refractivity contribution in [1.82, 2.24) is 9.88 Å². The number of likely N-dealkylation sites (N-methyl/N-ethyl adjacent to an activating group) is 1. The first-order chi connectivity index (χ1) is 15.4. The lowest BCUT2D eigenvalue weighted by Gasteiger charge is -2.20. The molecule has 0 aliphatic rings. The average molecular weight is 448 g/mol. The molecular formula is C26H29N3O2S. The molecule has 6 heteroatoms. The van der Waals surface area contributed by atoms with Gasteiger partial charge in [0.05, 0.1) is 10.6 Å². The molecule has 4 rings (SSSR count). The van der Waals surface area contributed by atoms with E-state index in [2.05, 4.69) is 35.0 Å². The highest BCUT2D eigenvalue weighted by Crippen LogP contribution is 2.27. The van der Waals surface area contributed by atoms with Crippen molar-refractivity contribution in [1.29, 1.82) is 0 Å². The lowest BCUT2D eigenvalue weighted by Crippen LogP contribution is -2.27. The highest BCUT2D eigenvalue weighted by atomic mass is 32.2. The standard InChI is InChI=1S/C26H29N3O2S/c1-4-29(18-19(2)3)15-14-21-17-27-25-16-22(12-13-23(21)25)28-32(30,31)26-11-7-9-20-8-5-6-10-24(20)26/h5-13,16-17,27-28H,2,4,14-15,18H2,1,3H3. The second-order valence-corrected chi connectivity index (χ2v) is 9.88. The molecule has 3 aromatic carbocycles. The number of nitrogens with zero attached hydrogens (tertiary/aromatic N) is 1. The Hall–Kier alpha value is -3.09. The summed E-state index contributed by atoms with van der Waals surface area (Å²) in [6.45, 7) is 11.1. The molecular weight excluding hydrogens is 418 g/mol. The highest BCUT2D eigenvalue weighted by Gasteiger charge is 2.18. The number of nitrogens with one attached hydrogen (secondary N) is 2. The van der Waals surface area contributed by atoms with Crippen LogP contribution in [0.1, 0.15) is 19.4 Å². The summed E-state index contributed by atoms with van der Waals surface area (Å²) in [6.07, 6.45) is 2.93. The van der Waals surface area contributed by atoms with Gasteiger partial charge < -0.3 is 4.98 Å². The third-order valence-electron chi connectivity index (χ3n) is 5.70. The number of benzene rings is 3. The Morgan fingerprint density at radius 2 is 1.84 bits per heavy atom. The number of aromatic amines is 1. The lowest BCUT2D eigenvalue weighted by atomic mass is 10.1. The number of anilines is 1. The minimum absolute atomic E-state index is 0.278. The van der Waals surface area contributed by atoms with Gasteiger partial charge in [-0.1, -0.05) is 61.5 Å². The van der Waals surface area contributed by atoms with E-state index >= 15 is 0 Å². The fourth-order valence-corrected chi connectivity index (χ4v) is 5.39. The number of hydrogen-bond acceptors (Lipinski definition) is 3. The second-order valence-electron chi connectivity index (χ2n) is 8.23. The number of H-pyrrole nitrogens is 1. The predicted molar refractivity (Wildman–Crippen MR) is 134 cm³/mol. The Morgan fingerprint density at radius 3 is 2.62 bits per heavy atom. The summed E-state index contributed by atoms with van der Waals surface area (Å²) < 4.78 is 29.0. The van der Waals surface area contributed by atoms with Crippen LogP contribution in [0, 0.1) is 0 Å². The fraction of sp³-hybridized carbons (Fsp3) is 0.231. The smallest absolute Gasteiger partial charge is 0.262 e. The summed E-state index contributed by atoms with van der Waals surface area (Å²) >= 11 is 0. The third-order valence-corrected chi connectivity index (χ3v) is 7.14. The molecule has 166 valence electrons. The number of rotatable bonds is 9. The molecule has 4 aromatic rings. The molecule has 32 heavy (non-hydrogen) atoms. The molecule has 0 saturated carbocycles. The molecule has 0 radical (unpaired) electrons. The van der Waals surface area contributed by atoms with Gasteiger partial charge >= 0.3 is 0 Å². The summed E-state index contributed by atoms with van der Waals surface area (Å²) in [4.78, 5) is 5.94. The Kier molecular flexibility index (Phi) is 6.35.